The average molecular weight is 337 g/mol. The van der Waals surface area contributed by atoms with Gasteiger partial charge in [-0.2, -0.15) is 26.3 Å². The summed E-state index contributed by atoms with van der Waals surface area (Å²) in [5.74, 6) is 0. The van der Waals surface area contributed by atoms with Gasteiger partial charge in [-0.3, -0.25) is 4.99 Å². The van der Waals surface area contributed by atoms with Gasteiger partial charge in [0, 0.05) is 0 Å². The molecule has 23 heavy (non-hydrogen) atoms. The highest BCUT2D eigenvalue weighted by Gasteiger charge is 2.46. The Hall–Kier alpha value is -1.83. The summed E-state index contributed by atoms with van der Waals surface area (Å²) in [6.07, 6.45) is -9.68. The molecule has 2 nitrogen and oxygen atoms in total. The fourth-order valence-electron chi connectivity index (χ4n) is 2.28. The highest BCUT2D eigenvalue weighted by molar-refractivity contribution is 6.02. The van der Waals surface area contributed by atoms with Crippen molar-refractivity contribution in [2.75, 3.05) is 0 Å². The van der Waals surface area contributed by atoms with Gasteiger partial charge in [-0.05, 0) is 30.0 Å². The van der Waals surface area contributed by atoms with Crippen LogP contribution in [0.3, 0.4) is 0 Å². The highest BCUT2D eigenvalue weighted by Crippen LogP contribution is 2.37. The van der Waals surface area contributed by atoms with Crippen molar-refractivity contribution in [3.8, 4) is 0 Å². The van der Waals surface area contributed by atoms with Crippen LogP contribution in [0.4, 0.5) is 26.3 Å². The minimum atomic E-state index is -4.89. The fourth-order valence-corrected chi connectivity index (χ4v) is 2.28. The molecule has 1 aliphatic rings. The Morgan fingerprint density at radius 2 is 1.48 bits per heavy atom. The van der Waals surface area contributed by atoms with Gasteiger partial charge >= 0.3 is 12.4 Å². The van der Waals surface area contributed by atoms with Gasteiger partial charge in [-0.1, -0.05) is 24.3 Å². The Morgan fingerprint density at radius 1 is 0.913 bits per heavy atom. The van der Waals surface area contributed by atoms with Crippen LogP contribution in [-0.4, -0.2) is 29.2 Å². The minimum Gasteiger partial charge on any atom is -0.392 e. The van der Waals surface area contributed by atoms with Gasteiger partial charge in [-0.15, -0.1) is 0 Å². The van der Waals surface area contributed by atoms with E-state index in [1.165, 1.54) is 0 Å². The van der Waals surface area contributed by atoms with E-state index >= 15 is 0 Å². The Kier molecular flexibility index (Phi) is 4.84. The summed E-state index contributed by atoms with van der Waals surface area (Å²) in [6, 6.07) is 4.89. The van der Waals surface area contributed by atoms with Crippen LogP contribution in [-0.2, 0) is 13.0 Å². The number of aryl methyl sites for hydroxylation is 1. The number of aliphatic hydroxyl groups excluding tert-OH is 1. The van der Waals surface area contributed by atoms with Gasteiger partial charge in [0.2, 0.25) is 0 Å². The lowest BCUT2D eigenvalue weighted by molar-refractivity contribution is -0.0950. The van der Waals surface area contributed by atoms with Gasteiger partial charge in [0.15, 0.2) is 0 Å². The van der Waals surface area contributed by atoms with Gasteiger partial charge in [-0.25, -0.2) is 0 Å². The first-order valence-corrected chi connectivity index (χ1v) is 6.73. The van der Waals surface area contributed by atoms with Crippen molar-refractivity contribution < 1.29 is 31.4 Å². The second-order valence-corrected chi connectivity index (χ2v) is 5.14. The summed E-state index contributed by atoms with van der Waals surface area (Å²) in [7, 11) is 0. The zero-order valence-corrected chi connectivity index (χ0v) is 11.7. The van der Waals surface area contributed by atoms with Gasteiger partial charge in [0.05, 0.1) is 18.2 Å². The number of aliphatic imine (C=N–C) groups is 1. The van der Waals surface area contributed by atoms with Gasteiger partial charge < -0.3 is 5.11 Å². The Morgan fingerprint density at radius 3 is 1.96 bits per heavy atom. The number of hydrogen-bond acceptors (Lipinski definition) is 2. The van der Waals surface area contributed by atoms with E-state index < -0.39 is 29.7 Å². The second-order valence-electron chi connectivity index (χ2n) is 5.14. The normalized spacial score (nSPS) is 18.8. The molecule has 1 heterocycles. The summed E-state index contributed by atoms with van der Waals surface area (Å²) < 4.78 is 76.3. The summed E-state index contributed by atoms with van der Waals surface area (Å²) in [5, 5.41) is 8.90. The fraction of sp³-hybridized carbons (Fsp3) is 0.400. The third-order valence-corrected chi connectivity index (χ3v) is 3.48. The quantitative estimate of drug-likeness (QED) is 0.828. The number of nitrogens with zero attached hydrogens (tertiary/aromatic N) is 1. The van der Waals surface area contributed by atoms with Crippen LogP contribution >= 0.6 is 0 Å². The standard InChI is InChI=1S/C15H13F6NO/c16-14(17,18)11-7-13(15(19,20)21)22-12(11)6-5-9-1-3-10(8-23)4-2-9/h1-4,7,12,23H,5-6,8H2. The molecule has 2 rings (SSSR count). The maximum atomic E-state index is 12.9. The largest absolute Gasteiger partial charge is 0.432 e. The van der Waals surface area contributed by atoms with Crippen molar-refractivity contribution in [3.63, 3.8) is 0 Å². The number of halogens is 6. The van der Waals surface area contributed by atoms with Crippen LogP contribution < -0.4 is 0 Å². The van der Waals surface area contributed by atoms with Crippen molar-refractivity contribution in [1.29, 1.82) is 0 Å². The van der Waals surface area contributed by atoms with E-state index in [1.807, 2.05) is 0 Å². The highest BCUT2D eigenvalue weighted by atomic mass is 19.4. The molecule has 8 heteroatoms. The zero-order valence-electron chi connectivity index (χ0n) is 11.7. The molecule has 0 saturated heterocycles. The molecule has 1 aromatic rings. The van der Waals surface area contributed by atoms with Crippen LogP contribution in [0, 0.1) is 0 Å². The first kappa shape index (κ1) is 17.5. The number of hydrogen-bond donors (Lipinski definition) is 1. The molecule has 0 aromatic heterocycles. The van der Waals surface area contributed by atoms with Crippen molar-refractivity contribution in [3.05, 3.63) is 47.0 Å². The molecule has 0 radical (unpaired) electrons. The van der Waals surface area contributed by atoms with Crippen LogP contribution in [0.15, 0.2) is 40.9 Å². The summed E-state index contributed by atoms with van der Waals surface area (Å²) in [4.78, 5) is 3.20. The van der Waals surface area contributed by atoms with E-state index in [-0.39, 0.29) is 25.5 Å². The summed E-state index contributed by atoms with van der Waals surface area (Å²) in [6.45, 7) is -0.164. The third kappa shape index (κ3) is 4.34. The first-order chi connectivity index (χ1) is 10.6. The monoisotopic (exact) mass is 337 g/mol. The summed E-state index contributed by atoms with van der Waals surface area (Å²) in [5.41, 5.74) is -1.45. The molecule has 0 spiro atoms. The molecule has 0 amide bonds. The van der Waals surface area contributed by atoms with E-state index in [1.54, 1.807) is 24.3 Å². The first-order valence-electron chi connectivity index (χ1n) is 6.73. The van der Waals surface area contributed by atoms with Crippen LogP contribution in [0.1, 0.15) is 17.5 Å². The van der Waals surface area contributed by atoms with Crippen molar-refractivity contribution >= 4 is 5.71 Å². The lowest BCUT2D eigenvalue weighted by atomic mass is 9.99. The molecule has 1 N–H and O–H groups in total. The minimum absolute atomic E-state index is 0.0829. The molecule has 126 valence electrons. The van der Waals surface area contributed by atoms with Gasteiger partial charge in [0.1, 0.15) is 5.71 Å². The summed E-state index contributed by atoms with van der Waals surface area (Å²) >= 11 is 0. The number of rotatable bonds is 4. The molecule has 0 aliphatic carbocycles. The Labute approximate surface area is 128 Å². The maximum Gasteiger partial charge on any atom is 0.432 e. The Balaban J connectivity index is 2.13. The van der Waals surface area contributed by atoms with Crippen molar-refractivity contribution in [1.82, 2.24) is 0 Å². The predicted octanol–water partition coefficient (Wildman–Crippen LogP) is 3.99. The van der Waals surface area contributed by atoms with E-state index in [9.17, 15) is 26.3 Å². The van der Waals surface area contributed by atoms with Gasteiger partial charge in [0.25, 0.3) is 0 Å². The van der Waals surface area contributed by atoms with E-state index in [0.717, 1.165) is 0 Å². The molecule has 0 saturated carbocycles. The van der Waals surface area contributed by atoms with E-state index in [4.69, 9.17) is 5.11 Å². The van der Waals surface area contributed by atoms with Crippen LogP contribution in [0.5, 0.6) is 0 Å². The third-order valence-electron chi connectivity index (χ3n) is 3.48. The molecular formula is C15H13F6NO. The lowest BCUT2D eigenvalue weighted by Crippen LogP contribution is -2.21. The molecule has 1 atom stereocenters. The molecule has 0 bridgehead atoms. The number of alkyl halides is 6. The zero-order chi connectivity index (χ0) is 17.3. The van der Waals surface area contributed by atoms with E-state index in [2.05, 4.69) is 4.99 Å². The molecule has 1 aliphatic heterocycles. The average Bonchev–Trinajstić information content (AvgIpc) is 2.90. The molecular weight excluding hydrogens is 324 g/mol. The smallest absolute Gasteiger partial charge is 0.392 e. The van der Waals surface area contributed by atoms with Crippen LogP contribution in [0.2, 0.25) is 0 Å². The second kappa shape index (κ2) is 6.35. The van der Waals surface area contributed by atoms with Crippen molar-refractivity contribution in [2.45, 2.75) is 37.8 Å². The SMILES string of the molecule is OCc1ccc(CCC2N=C(C(F)(F)F)C=C2C(F)(F)F)cc1. The lowest BCUT2D eigenvalue weighted by Gasteiger charge is -2.15. The predicted molar refractivity (Wildman–Crippen MR) is 72.1 cm³/mol. The number of allylic oxidation sites excluding steroid dienone is 1. The Bertz CT molecular complexity index is 612. The van der Waals surface area contributed by atoms with Crippen LogP contribution in [0.25, 0.3) is 0 Å². The number of benzene rings is 1. The topological polar surface area (TPSA) is 32.6 Å². The molecule has 0 fully saturated rings. The number of aliphatic hydroxyl groups is 1. The maximum absolute atomic E-state index is 12.9. The molecule has 1 aromatic carbocycles. The van der Waals surface area contributed by atoms with E-state index in [0.29, 0.717) is 11.1 Å². The van der Waals surface area contributed by atoms with Crippen molar-refractivity contribution in [2.24, 2.45) is 4.99 Å². The molecule has 1 unspecified atom stereocenters.